The van der Waals surface area contributed by atoms with E-state index in [0.717, 1.165) is 23.1 Å². The van der Waals surface area contributed by atoms with Crippen molar-refractivity contribution >= 4 is 16.8 Å². The minimum atomic E-state index is -0.00706. The Hall–Kier alpha value is -1.97. The number of rotatable bonds is 5. The van der Waals surface area contributed by atoms with Crippen LogP contribution >= 0.6 is 0 Å². The molecule has 1 N–H and O–H groups in total. The Morgan fingerprint density at radius 1 is 1.39 bits per heavy atom. The molecule has 1 amide bonds. The molecule has 96 valence electrons. The number of likely N-dealkylation sites (N-methyl/N-ethyl adjacent to an activating group) is 1. The van der Waals surface area contributed by atoms with Crippen molar-refractivity contribution in [2.75, 3.05) is 13.7 Å². The van der Waals surface area contributed by atoms with Gasteiger partial charge in [-0.1, -0.05) is 13.0 Å². The minimum absolute atomic E-state index is 0.00706. The number of carbonyl (C=O) groups excluding carboxylic acids is 1. The molecule has 4 heteroatoms. The van der Waals surface area contributed by atoms with Gasteiger partial charge < -0.3 is 14.6 Å². The fourth-order valence-corrected chi connectivity index (χ4v) is 1.90. The molecule has 18 heavy (non-hydrogen) atoms. The third-order valence-corrected chi connectivity index (χ3v) is 2.83. The Morgan fingerprint density at radius 3 is 2.94 bits per heavy atom. The minimum Gasteiger partial charge on any atom is -0.493 e. The maximum atomic E-state index is 11.4. The summed E-state index contributed by atoms with van der Waals surface area (Å²) in [5, 5.41) is 3.68. The van der Waals surface area contributed by atoms with Crippen LogP contribution in [-0.2, 0) is 11.3 Å². The number of nitrogens with zero attached hydrogens (tertiary/aromatic N) is 1. The molecule has 0 atom stereocenters. The lowest BCUT2D eigenvalue weighted by atomic mass is 10.2. The number of fused-ring (bicyclic) bond motifs is 1. The Bertz CT molecular complexity index is 546. The lowest BCUT2D eigenvalue weighted by molar-refractivity contribution is -0.121. The molecule has 2 rings (SSSR count). The van der Waals surface area contributed by atoms with Crippen molar-refractivity contribution in [3.63, 3.8) is 0 Å². The smallest absolute Gasteiger partial charge is 0.239 e. The molecule has 0 aliphatic rings. The zero-order valence-corrected chi connectivity index (χ0v) is 10.8. The quantitative estimate of drug-likeness (QED) is 0.878. The third kappa shape index (κ3) is 2.47. The number of amides is 1. The molecule has 0 radical (unpaired) electrons. The van der Waals surface area contributed by atoms with Crippen LogP contribution < -0.4 is 10.1 Å². The average molecular weight is 246 g/mol. The molecular weight excluding hydrogens is 228 g/mol. The fraction of sp³-hybridized carbons (Fsp3) is 0.357. The van der Waals surface area contributed by atoms with E-state index >= 15 is 0 Å². The van der Waals surface area contributed by atoms with Gasteiger partial charge in [-0.2, -0.15) is 0 Å². The molecule has 0 aliphatic carbocycles. The Morgan fingerprint density at radius 2 is 2.22 bits per heavy atom. The van der Waals surface area contributed by atoms with Crippen molar-refractivity contribution in [3.05, 3.63) is 30.5 Å². The molecule has 4 nitrogen and oxygen atoms in total. The van der Waals surface area contributed by atoms with Gasteiger partial charge in [0.05, 0.1) is 12.1 Å². The Kier molecular flexibility index (Phi) is 3.87. The summed E-state index contributed by atoms with van der Waals surface area (Å²) in [6.45, 7) is 3.12. The molecule has 1 aromatic heterocycles. The van der Waals surface area contributed by atoms with Gasteiger partial charge in [0.2, 0.25) is 5.91 Å². The second-order valence-corrected chi connectivity index (χ2v) is 4.15. The summed E-state index contributed by atoms with van der Waals surface area (Å²) in [5.74, 6) is 0.873. The highest BCUT2D eigenvalue weighted by molar-refractivity contribution is 5.88. The number of benzene rings is 1. The van der Waals surface area contributed by atoms with Crippen molar-refractivity contribution in [1.29, 1.82) is 0 Å². The lowest BCUT2D eigenvalue weighted by Crippen LogP contribution is -2.22. The van der Waals surface area contributed by atoms with Gasteiger partial charge in [0, 0.05) is 18.6 Å². The van der Waals surface area contributed by atoms with Gasteiger partial charge in [0.25, 0.3) is 0 Å². The maximum Gasteiger partial charge on any atom is 0.239 e. The van der Waals surface area contributed by atoms with Crippen LogP contribution in [-0.4, -0.2) is 24.1 Å². The van der Waals surface area contributed by atoms with Crippen LogP contribution in [0.15, 0.2) is 30.5 Å². The molecule has 0 unspecified atom stereocenters. The molecule has 0 saturated heterocycles. The lowest BCUT2D eigenvalue weighted by Gasteiger charge is -2.07. The van der Waals surface area contributed by atoms with Gasteiger partial charge in [0.15, 0.2) is 0 Å². The highest BCUT2D eigenvalue weighted by Crippen LogP contribution is 2.26. The highest BCUT2D eigenvalue weighted by atomic mass is 16.5. The Labute approximate surface area is 107 Å². The van der Waals surface area contributed by atoms with Crippen LogP contribution in [0, 0.1) is 0 Å². The van der Waals surface area contributed by atoms with Crippen molar-refractivity contribution in [2.24, 2.45) is 0 Å². The standard InChI is InChI=1S/C14H18N2O2/c1-3-9-18-13-6-4-5-12-11(13)7-8-16(12)10-14(17)15-2/h4-8H,3,9-10H2,1-2H3,(H,15,17). The first-order chi connectivity index (χ1) is 8.76. The van der Waals surface area contributed by atoms with Gasteiger partial charge in [-0.25, -0.2) is 0 Å². The monoisotopic (exact) mass is 246 g/mol. The van der Waals surface area contributed by atoms with E-state index in [0.29, 0.717) is 13.2 Å². The van der Waals surface area contributed by atoms with Gasteiger partial charge in [0.1, 0.15) is 12.3 Å². The van der Waals surface area contributed by atoms with Crippen LogP contribution in [0.2, 0.25) is 0 Å². The maximum absolute atomic E-state index is 11.4. The first kappa shape index (κ1) is 12.5. The van der Waals surface area contributed by atoms with E-state index in [9.17, 15) is 4.79 Å². The van der Waals surface area contributed by atoms with Crippen LogP contribution in [0.4, 0.5) is 0 Å². The summed E-state index contributed by atoms with van der Waals surface area (Å²) in [5.41, 5.74) is 1.02. The van der Waals surface area contributed by atoms with E-state index in [1.54, 1.807) is 7.05 Å². The number of carbonyl (C=O) groups is 1. The van der Waals surface area contributed by atoms with Crippen LogP contribution in [0.1, 0.15) is 13.3 Å². The van der Waals surface area contributed by atoms with E-state index in [2.05, 4.69) is 12.2 Å². The molecule has 0 saturated carbocycles. The molecule has 0 fully saturated rings. The molecule has 1 aromatic carbocycles. The number of nitrogens with one attached hydrogen (secondary N) is 1. The van der Waals surface area contributed by atoms with E-state index in [1.807, 2.05) is 35.0 Å². The normalized spacial score (nSPS) is 10.6. The summed E-state index contributed by atoms with van der Waals surface area (Å²) in [6.07, 6.45) is 2.90. The zero-order chi connectivity index (χ0) is 13.0. The molecule has 0 spiro atoms. The summed E-state index contributed by atoms with van der Waals surface area (Å²) < 4.78 is 7.62. The van der Waals surface area contributed by atoms with Crippen molar-refractivity contribution in [2.45, 2.75) is 19.9 Å². The van der Waals surface area contributed by atoms with E-state index in [4.69, 9.17) is 4.74 Å². The highest BCUT2D eigenvalue weighted by Gasteiger charge is 2.08. The van der Waals surface area contributed by atoms with Crippen molar-refractivity contribution < 1.29 is 9.53 Å². The second kappa shape index (κ2) is 5.58. The predicted octanol–water partition coefficient (Wildman–Crippen LogP) is 2.18. The van der Waals surface area contributed by atoms with E-state index in [1.165, 1.54) is 0 Å². The molecule has 0 aliphatic heterocycles. The molecule has 2 aromatic rings. The fourth-order valence-electron chi connectivity index (χ4n) is 1.90. The first-order valence-corrected chi connectivity index (χ1v) is 6.17. The molecule has 0 bridgehead atoms. The second-order valence-electron chi connectivity index (χ2n) is 4.15. The largest absolute Gasteiger partial charge is 0.493 e. The Balaban J connectivity index is 2.32. The molecular formula is C14H18N2O2. The SMILES string of the molecule is CCCOc1cccc2c1ccn2CC(=O)NC. The summed E-state index contributed by atoms with van der Waals surface area (Å²) in [6, 6.07) is 7.90. The zero-order valence-electron chi connectivity index (χ0n) is 10.8. The van der Waals surface area contributed by atoms with Crippen molar-refractivity contribution in [1.82, 2.24) is 9.88 Å². The van der Waals surface area contributed by atoms with Gasteiger partial charge in [-0.05, 0) is 24.6 Å². The first-order valence-electron chi connectivity index (χ1n) is 6.17. The van der Waals surface area contributed by atoms with Gasteiger partial charge in [-0.3, -0.25) is 4.79 Å². The average Bonchev–Trinajstić information content (AvgIpc) is 2.80. The van der Waals surface area contributed by atoms with Crippen LogP contribution in [0.25, 0.3) is 10.9 Å². The number of aromatic nitrogens is 1. The molecule has 1 heterocycles. The van der Waals surface area contributed by atoms with E-state index in [-0.39, 0.29) is 5.91 Å². The summed E-state index contributed by atoms with van der Waals surface area (Å²) >= 11 is 0. The van der Waals surface area contributed by atoms with E-state index < -0.39 is 0 Å². The number of hydrogen-bond donors (Lipinski definition) is 1. The van der Waals surface area contributed by atoms with Crippen LogP contribution in [0.3, 0.4) is 0 Å². The number of ether oxygens (including phenoxy) is 1. The van der Waals surface area contributed by atoms with Crippen LogP contribution in [0.5, 0.6) is 5.75 Å². The van der Waals surface area contributed by atoms with Crippen molar-refractivity contribution in [3.8, 4) is 5.75 Å². The summed E-state index contributed by atoms with van der Waals surface area (Å²) in [7, 11) is 1.64. The number of hydrogen-bond acceptors (Lipinski definition) is 2. The summed E-state index contributed by atoms with van der Waals surface area (Å²) in [4.78, 5) is 11.4. The topological polar surface area (TPSA) is 43.3 Å². The van der Waals surface area contributed by atoms with Gasteiger partial charge in [-0.15, -0.1) is 0 Å². The third-order valence-electron chi connectivity index (χ3n) is 2.83. The predicted molar refractivity (Wildman–Crippen MR) is 71.8 cm³/mol. The van der Waals surface area contributed by atoms with Gasteiger partial charge >= 0.3 is 0 Å².